The summed E-state index contributed by atoms with van der Waals surface area (Å²) in [5.41, 5.74) is 2.16. The first-order valence-corrected chi connectivity index (χ1v) is 6.18. The predicted octanol–water partition coefficient (Wildman–Crippen LogP) is 4.56. The number of carbonyl (C=O) groups is 1. The lowest BCUT2D eigenvalue weighted by molar-refractivity contribution is 0.0988. The monoisotopic (exact) mass is 226 g/mol. The minimum atomic E-state index is 0.208. The molecule has 0 heterocycles. The molecule has 0 amide bonds. The average Bonchev–Trinajstić information content (AvgIpc) is 2.36. The Balaban J connectivity index is 2.50. The van der Waals surface area contributed by atoms with E-state index in [2.05, 4.69) is 32.0 Å². The fraction of sp³-hybridized carbons (Fsp3) is 0.312. The van der Waals surface area contributed by atoms with Crippen LogP contribution in [-0.2, 0) is 0 Å². The molecule has 2 rings (SSSR count). The molecule has 0 bridgehead atoms. The molecule has 1 heteroatoms. The molecular weight excluding hydrogens is 208 g/mol. The Labute approximate surface area is 102 Å². The molecule has 1 nitrogen and oxygen atoms in total. The van der Waals surface area contributed by atoms with Gasteiger partial charge in [-0.05, 0) is 28.3 Å². The smallest absolute Gasteiger partial charge is 0.162 e. The molecule has 0 aliphatic heterocycles. The third kappa shape index (κ3) is 2.38. The van der Waals surface area contributed by atoms with Crippen molar-refractivity contribution in [1.29, 1.82) is 0 Å². The number of hydrogen-bond donors (Lipinski definition) is 0. The number of ketones is 1. The molecule has 0 N–H and O–H groups in total. The lowest BCUT2D eigenvalue weighted by Crippen LogP contribution is -1.96. The summed E-state index contributed by atoms with van der Waals surface area (Å²) in [4.78, 5) is 11.6. The molecule has 0 aliphatic rings. The number of hydrogen-bond acceptors (Lipinski definition) is 1. The Hall–Kier alpha value is -1.63. The van der Waals surface area contributed by atoms with Gasteiger partial charge in [-0.1, -0.05) is 51.1 Å². The van der Waals surface area contributed by atoms with Gasteiger partial charge in [-0.25, -0.2) is 0 Å². The SMILES string of the molecule is CCC(=O)c1ccc2cc(C(C)C)ccc2c1. The molecule has 2 aromatic rings. The van der Waals surface area contributed by atoms with Crippen molar-refractivity contribution in [3.8, 4) is 0 Å². The molecule has 0 aliphatic carbocycles. The zero-order valence-electron chi connectivity index (χ0n) is 10.7. The van der Waals surface area contributed by atoms with Gasteiger partial charge in [0.15, 0.2) is 5.78 Å². The van der Waals surface area contributed by atoms with Gasteiger partial charge in [0.1, 0.15) is 0 Å². The van der Waals surface area contributed by atoms with Crippen LogP contribution in [0.2, 0.25) is 0 Å². The first-order valence-electron chi connectivity index (χ1n) is 6.18. The van der Waals surface area contributed by atoms with Gasteiger partial charge in [0, 0.05) is 12.0 Å². The van der Waals surface area contributed by atoms with Gasteiger partial charge in [0.25, 0.3) is 0 Å². The van der Waals surface area contributed by atoms with Crippen LogP contribution in [0.5, 0.6) is 0 Å². The summed E-state index contributed by atoms with van der Waals surface area (Å²) >= 11 is 0. The van der Waals surface area contributed by atoms with E-state index < -0.39 is 0 Å². The molecule has 17 heavy (non-hydrogen) atoms. The van der Waals surface area contributed by atoms with Crippen LogP contribution >= 0.6 is 0 Å². The third-order valence-corrected chi connectivity index (χ3v) is 3.17. The molecule has 0 atom stereocenters. The second kappa shape index (κ2) is 4.70. The van der Waals surface area contributed by atoms with E-state index in [1.54, 1.807) is 0 Å². The van der Waals surface area contributed by atoms with E-state index in [4.69, 9.17) is 0 Å². The molecule has 0 saturated carbocycles. The van der Waals surface area contributed by atoms with Crippen LogP contribution in [0.1, 0.15) is 49.0 Å². The van der Waals surface area contributed by atoms with Gasteiger partial charge >= 0.3 is 0 Å². The zero-order valence-corrected chi connectivity index (χ0v) is 10.7. The van der Waals surface area contributed by atoms with Crippen LogP contribution in [0.4, 0.5) is 0 Å². The molecule has 0 spiro atoms. The van der Waals surface area contributed by atoms with Gasteiger partial charge in [-0.3, -0.25) is 4.79 Å². The summed E-state index contributed by atoms with van der Waals surface area (Å²) in [6.45, 7) is 6.28. The lowest BCUT2D eigenvalue weighted by Gasteiger charge is -2.07. The van der Waals surface area contributed by atoms with E-state index in [0.717, 1.165) is 10.9 Å². The molecular formula is C16H18O. The van der Waals surface area contributed by atoms with Gasteiger partial charge < -0.3 is 0 Å². The number of fused-ring (bicyclic) bond motifs is 1. The summed E-state index contributed by atoms with van der Waals surface area (Å²) in [7, 11) is 0. The van der Waals surface area contributed by atoms with Crippen molar-refractivity contribution in [3.63, 3.8) is 0 Å². The van der Waals surface area contributed by atoms with E-state index in [1.165, 1.54) is 10.9 Å². The van der Waals surface area contributed by atoms with Gasteiger partial charge in [0.2, 0.25) is 0 Å². The van der Waals surface area contributed by atoms with Crippen LogP contribution in [0.3, 0.4) is 0 Å². The maximum absolute atomic E-state index is 11.6. The zero-order chi connectivity index (χ0) is 12.4. The van der Waals surface area contributed by atoms with Crippen LogP contribution < -0.4 is 0 Å². The molecule has 0 fully saturated rings. The van der Waals surface area contributed by atoms with Crippen molar-refractivity contribution in [2.75, 3.05) is 0 Å². The summed E-state index contributed by atoms with van der Waals surface area (Å²) in [5, 5.41) is 2.36. The van der Waals surface area contributed by atoms with Crippen molar-refractivity contribution in [1.82, 2.24) is 0 Å². The first-order chi connectivity index (χ1) is 8.11. The van der Waals surface area contributed by atoms with Gasteiger partial charge in [-0.15, -0.1) is 0 Å². The van der Waals surface area contributed by atoms with Crippen molar-refractivity contribution in [3.05, 3.63) is 47.5 Å². The van der Waals surface area contributed by atoms with Gasteiger partial charge in [0.05, 0.1) is 0 Å². The Bertz CT molecular complexity index is 552. The minimum absolute atomic E-state index is 0.208. The summed E-state index contributed by atoms with van der Waals surface area (Å²) < 4.78 is 0. The first kappa shape index (κ1) is 11.8. The Morgan fingerprint density at radius 2 is 1.71 bits per heavy atom. The lowest BCUT2D eigenvalue weighted by atomic mass is 9.97. The average molecular weight is 226 g/mol. The number of rotatable bonds is 3. The second-order valence-electron chi connectivity index (χ2n) is 4.75. The van der Waals surface area contributed by atoms with Crippen LogP contribution in [-0.4, -0.2) is 5.78 Å². The minimum Gasteiger partial charge on any atom is -0.294 e. The highest BCUT2D eigenvalue weighted by molar-refractivity contribution is 5.99. The molecule has 2 aromatic carbocycles. The van der Waals surface area contributed by atoms with Crippen LogP contribution in [0.15, 0.2) is 36.4 Å². The van der Waals surface area contributed by atoms with E-state index in [9.17, 15) is 4.79 Å². The normalized spacial score (nSPS) is 11.1. The van der Waals surface area contributed by atoms with Gasteiger partial charge in [-0.2, -0.15) is 0 Å². The standard InChI is InChI=1S/C16H18O/c1-4-16(17)15-8-7-13-9-12(11(2)3)5-6-14(13)10-15/h5-11H,4H2,1-3H3. The van der Waals surface area contributed by atoms with E-state index >= 15 is 0 Å². The molecule has 88 valence electrons. The van der Waals surface area contributed by atoms with Crippen LogP contribution in [0.25, 0.3) is 10.8 Å². The van der Waals surface area contributed by atoms with Crippen LogP contribution in [0, 0.1) is 0 Å². The highest BCUT2D eigenvalue weighted by Gasteiger charge is 2.05. The van der Waals surface area contributed by atoms with E-state index in [-0.39, 0.29) is 5.78 Å². The second-order valence-corrected chi connectivity index (χ2v) is 4.75. The predicted molar refractivity (Wildman–Crippen MR) is 72.7 cm³/mol. The Kier molecular flexibility index (Phi) is 3.28. The highest BCUT2D eigenvalue weighted by atomic mass is 16.1. The fourth-order valence-electron chi connectivity index (χ4n) is 2.00. The molecule has 0 radical (unpaired) electrons. The molecule has 0 aromatic heterocycles. The van der Waals surface area contributed by atoms with E-state index in [0.29, 0.717) is 12.3 Å². The Morgan fingerprint density at radius 1 is 1.06 bits per heavy atom. The number of carbonyl (C=O) groups excluding carboxylic acids is 1. The molecule has 0 saturated heterocycles. The van der Waals surface area contributed by atoms with Crippen molar-refractivity contribution in [2.24, 2.45) is 0 Å². The van der Waals surface area contributed by atoms with Crippen molar-refractivity contribution in [2.45, 2.75) is 33.1 Å². The molecule has 0 unspecified atom stereocenters. The topological polar surface area (TPSA) is 17.1 Å². The largest absolute Gasteiger partial charge is 0.294 e. The summed E-state index contributed by atoms with van der Waals surface area (Å²) in [6.07, 6.45) is 0.565. The van der Waals surface area contributed by atoms with Crippen molar-refractivity contribution < 1.29 is 4.79 Å². The fourth-order valence-corrected chi connectivity index (χ4v) is 2.00. The maximum Gasteiger partial charge on any atom is 0.162 e. The maximum atomic E-state index is 11.6. The quantitative estimate of drug-likeness (QED) is 0.701. The Morgan fingerprint density at radius 3 is 2.35 bits per heavy atom. The van der Waals surface area contributed by atoms with E-state index in [1.807, 2.05) is 25.1 Å². The summed E-state index contributed by atoms with van der Waals surface area (Å²) in [5.74, 6) is 0.746. The van der Waals surface area contributed by atoms with Crippen molar-refractivity contribution >= 4 is 16.6 Å². The third-order valence-electron chi connectivity index (χ3n) is 3.17. The number of benzene rings is 2. The highest BCUT2D eigenvalue weighted by Crippen LogP contribution is 2.22. The summed E-state index contributed by atoms with van der Waals surface area (Å²) in [6, 6.07) is 12.4. The number of Topliss-reactive ketones (excluding diaryl/α,β-unsaturated/α-hetero) is 1.